The number of aliphatic imine (C=N–C) groups is 1. The Morgan fingerprint density at radius 1 is 1.15 bits per heavy atom. The number of anilines is 1. The Hall–Kier alpha value is -1.57. The standard InChI is InChI=1S/C21H32N4O.HI/c1-16(2)20(26)25-19-11-9-18(10-12-19)15-24-21(22-3)23-14-13-17-7-5-4-6-8-17;/h7,9-12,16H,4-6,8,13-15H2,1-3H3,(H,25,26)(H2,22,23,24);1H. The van der Waals surface area contributed by atoms with E-state index in [1.54, 1.807) is 12.6 Å². The van der Waals surface area contributed by atoms with Gasteiger partial charge in [0.15, 0.2) is 5.96 Å². The summed E-state index contributed by atoms with van der Waals surface area (Å²) in [5.74, 6) is 0.835. The van der Waals surface area contributed by atoms with E-state index in [1.165, 1.54) is 25.7 Å². The van der Waals surface area contributed by atoms with Crippen molar-refractivity contribution in [3.63, 3.8) is 0 Å². The lowest BCUT2D eigenvalue weighted by Crippen LogP contribution is -2.37. The fraction of sp³-hybridized carbons (Fsp3) is 0.524. The van der Waals surface area contributed by atoms with Gasteiger partial charge in [0.05, 0.1) is 0 Å². The fourth-order valence-corrected chi connectivity index (χ4v) is 2.87. The van der Waals surface area contributed by atoms with E-state index in [1.807, 2.05) is 38.1 Å². The maximum atomic E-state index is 11.7. The first-order valence-electron chi connectivity index (χ1n) is 9.60. The highest BCUT2D eigenvalue weighted by Crippen LogP contribution is 2.19. The van der Waals surface area contributed by atoms with Gasteiger partial charge in [0.2, 0.25) is 5.91 Å². The molecule has 0 bridgehead atoms. The average molecular weight is 484 g/mol. The summed E-state index contributed by atoms with van der Waals surface area (Å²) in [4.78, 5) is 16.0. The van der Waals surface area contributed by atoms with Crippen molar-refractivity contribution in [1.29, 1.82) is 0 Å². The minimum absolute atomic E-state index is 0. The average Bonchev–Trinajstić information content (AvgIpc) is 2.66. The van der Waals surface area contributed by atoms with E-state index in [9.17, 15) is 4.79 Å². The number of carbonyl (C=O) groups excluding carboxylic acids is 1. The van der Waals surface area contributed by atoms with Gasteiger partial charge in [0.25, 0.3) is 0 Å². The second kappa shape index (κ2) is 12.8. The van der Waals surface area contributed by atoms with E-state index in [4.69, 9.17) is 0 Å². The van der Waals surface area contributed by atoms with Crippen molar-refractivity contribution in [3.8, 4) is 0 Å². The molecule has 0 aliphatic heterocycles. The highest BCUT2D eigenvalue weighted by Gasteiger charge is 2.07. The predicted molar refractivity (Wildman–Crippen MR) is 125 cm³/mol. The number of guanidine groups is 1. The summed E-state index contributed by atoms with van der Waals surface area (Å²) in [7, 11) is 1.79. The zero-order chi connectivity index (χ0) is 18.8. The second-order valence-electron chi connectivity index (χ2n) is 7.05. The molecule has 1 aliphatic carbocycles. The van der Waals surface area contributed by atoms with Crippen LogP contribution in [-0.4, -0.2) is 25.5 Å². The van der Waals surface area contributed by atoms with Crippen LogP contribution in [0.25, 0.3) is 0 Å². The Bertz CT molecular complexity index is 638. The van der Waals surface area contributed by atoms with Crippen molar-refractivity contribution in [3.05, 3.63) is 41.5 Å². The van der Waals surface area contributed by atoms with Gasteiger partial charge in [0, 0.05) is 31.7 Å². The number of hydrogen-bond donors (Lipinski definition) is 3. The molecular weight excluding hydrogens is 451 g/mol. The Morgan fingerprint density at radius 2 is 1.89 bits per heavy atom. The Kier molecular flexibility index (Phi) is 11.1. The monoisotopic (exact) mass is 484 g/mol. The number of amides is 1. The van der Waals surface area contributed by atoms with Crippen LogP contribution in [0.4, 0.5) is 5.69 Å². The third-order valence-electron chi connectivity index (χ3n) is 4.55. The minimum Gasteiger partial charge on any atom is -0.356 e. The molecule has 0 radical (unpaired) electrons. The number of rotatable bonds is 7. The largest absolute Gasteiger partial charge is 0.356 e. The van der Waals surface area contributed by atoms with E-state index in [0.717, 1.165) is 30.2 Å². The van der Waals surface area contributed by atoms with Crippen molar-refractivity contribution in [1.82, 2.24) is 10.6 Å². The molecule has 0 saturated carbocycles. The van der Waals surface area contributed by atoms with Crippen LogP contribution in [0.5, 0.6) is 0 Å². The molecule has 27 heavy (non-hydrogen) atoms. The van der Waals surface area contributed by atoms with Crippen LogP contribution in [-0.2, 0) is 11.3 Å². The molecule has 1 aliphatic rings. The van der Waals surface area contributed by atoms with Crippen molar-refractivity contribution in [2.45, 2.75) is 52.5 Å². The number of nitrogens with one attached hydrogen (secondary N) is 3. The van der Waals surface area contributed by atoms with Crippen LogP contribution in [0.3, 0.4) is 0 Å². The highest BCUT2D eigenvalue weighted by molar-refractivity contribution is 14.0. The molecule has 2 rings (SSSR count). The summed E-state index contributed by atoms with van der Waals surface area (Å²) < 4.78 is 0. The summed E-state index contributed by atoms with van der Waals surface area (Å²) in [5, 5.41) is 9.61. The number of hydrogen-bond acceptors (Lipinski definition) is 2. The number of halogens is 1. The molecule has 0 atom stereocenters. The van der Waals surface area contributed by atoms with Crippen molar-refractivity contribution < 1.29 is 4.79 Å². The molecule has 0 spiro atoms. The number of benzene rings is 1. The van der Waals surface area contributed by atoms with Gasteiger partial charge >= 0.3 is 0 Å². The zero-order valence-corrected chi connectivity index (χ0v) is 19.0. The van der Waals surface area contributed by atoms with Gasteiger partial charge in [-0.15, -0.1) is 24.0 Å². The quantitative estimate of drug-likeness (QED) is 0.232. The van der Waals surface area contributed by atoms with E-state index >= 15 is 0 Å². The van der Waals surface area contributed by atoms with Crippen LogP contribution in [0.1, 0.15) is 51.5 Å². The molecule has 0 saturated heterocycles. The third kappa shape index (κ3) is 8.77. The van der Waals surface area contributed by atoms with E-state index in [-0.39, 0.29) is 35.8 Å². The van der Waals surface area contributed by atoms with Gasteiger partial charge in [-0.25, -0.2) is 0 Å². The molecule has 1 aromatic carbocycles. The van der Waals surface area contributed by atoms with Crippen LogP contribution in [0.15, 0.2) is 40.9 Å². The first-order valence-corrected chi connectivity index (χ1v) is 9.60. The lowest BCUT2D eigenvalue weighted by Gasteiger charge is -2.15. The Balaban J connectivity index is 0.00000364. The summed E-state index contributed by atoms with van der Waals surface area (Å²) >= 11 is 0. The molecule has 6 heteroatoms. The Labute approximate surface area is 180 Å². The van der Waals surface area contributed by atoms with Crippen molar-refractivity contribution in [2.24, 2.45) is 10.9 Å². The highest BCUT2D eigenvalue weighted by atomic mass is 127. The number of allylic oxidation sites excluding steroid dienone is 1. The summed E-state index contributed by atoms with van der Waals surface area (Å²) in [6, 6.07) is 7.90. The van der Waals surface area contributed by atoms with Gasteiger partial charge in [-0.2, -0.15) is 0 Å². The van der Waals surface area contributed by atoms with Crippen molar-refractivity contribution in [2.75, 3.05) is 18.9 Å². The molecule has 0 heterocycles. The maximum Gasteiger partial charge on any atom is 0.226 e. The van der Waals surface area contributed by atoms with Gasteiger partial charge in [-0.1, -0.05) is 37.6 Å². The number of carbonyl (C=O) groups is 1. The lowest BCUT2D eigenvalue weighted by molar-refractivity contribution is -0.118. The molecule has 0 unspecified atom stereocenters. The molecule has 1 amide bonds. The van der Waals surface area contributed by atoms with Crippen LogP contribution in [0, 0.1) is 5.92 Å². The molecule has 3 N–H and O–H groups in total. The summed E-state index contributed by atoms with van der Waals surface area (Å²) in [6.07, 6.45) is 8.61. The molecule has 0 aromatic heterocycles. The van der Waals surface area contributed by atoms with Gasteiger partial charge in [-0.05, 0) is 49.8 Å². The van der Waals surface area contributed by atoms with E-state index < -0.39 is 0 Å². The first-order chi connectivity index (χ1) is 12.6. The predicted octanol–water partition coefficient (Wildman–Crippen LogP) is 4.45. The smallest absolute Gasteiger partial charge is 0.226 e. The molecule has 1 aromatic rings. The lowest BCUT2D eigenvalue weighted by atomic mass is 9.97. The van der Waals surface area contributed by atoms with Gasteiger partial charge < -0.3 is 16.0 Å². The maximum absolute atomic E-state index is 11.7. The fourth-order valence-electron chi connectivity index (χ4n) is 2.87. The number of nitrogens with zero attached hydrogens (tertiary/aromatic N) is 1. The van der Waals surface area contributed by atoms with Crippen LogP contribution < -0.4 is 16.0 Å². The van der Waals surface area contributed by atoms with E-state index in [2.05, 4.69) is 27.0 Å². The van der Waals surface area contributed by atoms with Gasteiger partial charge in [-0.3, -0.25) is 9.79 Å². The Morgan fingerprint density at radius 3 is 2.48 bits per heavy atom. The molecule has 150 valence electrons. The SMILES string of the molecule is CN=C(NCCC1=CCCCC1)NCc1ccc(NC(=O)C(C)C)cc1.I. The van der Waals surface area contributed by atoms with Crippen LogP contribution >= 0.6 is 24.0 Å². The normalized spacial score (nSPS) is 14.2. The topological polar surface area (TPSA) is 65.5 Å². The summed E-state index contributed by atoms with van der Waals surface area (Å²) in [6.45, 7) is 5.38. The minimum atomic E-state index is -0.0184. The summed E-state index contributed by atoms with van der Waals surface area (Å²) in [5.41, 5.74) is 3.54. The van der Waals surface area contributed by atoms with E-state index in [0.29, 0.717) is 6.54 Å². The molecule has 0 fully saturated rings. The molecular formula is C21H33IN4O. The zero-order valence-electron chi connectivity index (χ0n) is 16.7. The molecule has 5 nitrogen and oxygen atoms in total. The van der Waals surface area contributed by atoms with Gasteiger partial charge in [0.1, 0.15) is 0 Å². The van der Waals surface area contributed by atoms with Crippen molar-refractivity contribution >= 4 is 41.5 Å². The first kappa shape index (κ1) is 23.5. The second-order valence-corrected chi connectivity index (χ2v) is 7.05. The third-order valence-corrected chi connectivity index (χ3v) is 4.55. The van der Waals surface area contributed by atoms with Crippen LogP contribution in [0.2, 0.25) is 0 Å².